The summed E-state index contributed by atoms with van der Waals surface area (Å²) in [7, 11) is 1.72. The van der Waals surface area contributed by atoms with Gasteiger partial charge in [-0.1, -0.05) is 35.9 Å². The predicted molar refractivity (Wildman–Crippen MR) is 141 cm³/mol. The van der Waals surface area contributed by atoms with Gasteiger partial charge in [0.1, 0.15) is 5.75 Å². The van der Waals surface area contributed by atoms with Crippen LogP contribution < -0.4 is 10.1 Å². The number of benzene rings is 3. The van der Waals surface area contributed by atoms with Gasteiger partial charge in [0.25, 0.3) is 5.91 Å². The van der Waals surface area contributed by atoms with Gasteiger partial charge in [0.2, 0.25) is 0 Å². The number of methoxy groups -OCH3 is 1. The highest BCUT2D eigenvalue weighted by Crippen LogP contribution is 2.36. The van der Waals surface area contributed by atoms with Crippen LogP contribution >= 0.6 is 0 Å². The van der Waals surface area contributed by atoms with Crippen molar-refractivity contribution in [3.63, 3.8) is 0 Å². The molecule has 1 amide bonds. The minimum absolute atomic E-state index is 0.0988. The molecule has 0 saturated carbocycles. The Bertz CT molecular complexity index is 1140. The van der Waals surface area contributed by atoms with Crippen LogP contribution in [-0.2, 0) is 0 Å². The lowest BCUT2D eigenvalue weighted by Crippen LogP contribution is -2.37. The summed E-state index contributed by atoms with van der Waals surface area (Å²) < 4.78 is 5.66. The highest BCUT2D eigenvalue weighted by atomic mass is 16.5. The summed E-state index contributed by atoms with van der Waals surface area (Å²) in [5.41, 5.74) is 7.43. The first-order valence-corrected chi connectivity index (χ1v) is 12.3. The van der Waals surface area contributed by atoms with E-state index in [1.54, 1.807) is 7.11 Å². The molecule has 3 aromatic carbocycles. The number of hydrogen-bond donors (Lipinski definition) is 1. The summed E-state index contributed by atoms with van der Waals surface area (Å²) >= 11 is 0. The number of carbonyl (C=O) groups is 1. The van der Waals surface area contributed by atoms with Crippen LogP contribution in [0.3, 0.4) is 0 Å². The maximum Gasteiger partial charge on any atom is 0.255 e. The van der Waals surface area contributed by atoms with Crippen LogP contribution in [0.1, 0.15) is 59.7 Å². The maximum absolute atomic E-state index is 13.0. The quantitative estimate of drug-likeness (QED) is 0.442. The number of rotatable bonds is 6. The highest BCUT2D eigenvalue weighted by Gasteiger charge is 2.24. The molecule has 1 fully saturated rings. The van der Waals surface area contributed by atoms with Gasteiger partial charge in [-0.25, -0.2) is 0 Å². The Hall–Kier alpha value is -3.11. The molecule has 0 radical (unpaired) electrons. The number of nitrogens with zero attached hydrogens (tertiary/aromatic N) is 1. The SMILES string of the molecule is COc1ccc(NC(=O)c2ccc(-c3cc(C)ccc3C)cc2)cc1C1CCN(C(C)C)CC1. The van der Waals surface area contributed by atoms with Crippen LogP contribution in [0.15, 0.2) is 60.7 Å². The average Bonchev–Trinajstić information content (AvgIpc) is 2.85. The normalized spacial score (nSPS) is 14.9. The molecule has 0 atom stereocenters. The van der Waals surface area contributed by atoms with Crippen molar-refractivity contribution in [2.75, 3.05) is 25.5 Å². The second kappa shape index (κ2) is 10.4. The fraction of sp³-hybridized carbons (Fsp3) is 0.367. The Labute approximate surface area is 204 Å². The van der Waals surface area contributed by atoms with Gasteiger partial charge in [-0.15, -0.1) is 0 Å². The number of carbonyl (C=O) groups excluding carboxylic acids is 1. The van der Waals surface area contributed by atoms with Crippen molar-refractivity contribution in [1.29, 1.82) is 0 Å². The van der Waals surface area contributed by atoms with Crippen molar-refractivity contribution in [2.45, 2.75) is 52.5 Å². The monoisotopic (exact) mass is 456 g/mol. The first-order valence-electron chi connectivity index (χ1n) is 12.3. The largest absolute Gasteiger partial charge is 0.496 e. The number of ether oxygens (including phenoxy) is 1. The van der Waals surface area contributed by atoms with E-state index in [0.717, 1.165) is 42.9 Å². The van der Waals surface area contributed by atoms with E-state index < -0.39 is 0 Å². The van der Waals surface area contributed by atoms with Crippen LogP contribution in [0.25, 0.3) is 11.1 Å². The summed E-state index contributed by atoms with van der Waals surface area (Å²) in [6.45, 7) is 10.9. The van der Waals surface area contributed by atoms with Crippen molar-refractivity contribution in [3.05, 3.63) is 82.9 Å². The van der Waals surface area contributed by atoms with Crippen molar-refractivity contribution in [2.24, 2.45) is 0 Å². The summed E-state index contributed by atoms with van der Waals surface area (Å²) in [4.78, 5) is 15.5. The molecule has 178 valence electrons. The standard InChI is InChI=1S/C30H36N2O2/c1-20(2)32-16-14-24(15-17-32)28-19-26(12-13-29(28)34-5)31-30(33)25-10-8-23(9-11-25)27-18-21(3)6-7-22(27)4/h6-13,18-20,24H,14-17H2,1-5H3,(H,31,33). The first kappa shape index (κ1) is 24.0. The van der Waals surface area contributed by atoms with Crippen LogP contribution in [0.2, 0.25) is 0 Å². The van der Waals surface area contributed by atoms with Crippen LogP contribution in [0, 0.1) is 13.8 Å². The van der Waals surface area contributed by atoms with Gasteiger partial charge in [-0.2, -0.15) is 0 Å². The van der Waals surface area contributed by atoms with Crippen LogP contribution in [0.4, 0.5) is 5.69 Å². The minimum Gasteiger partial charge on any atom is -0.496 e. The van der Waals surface area contributed by atoms with E-state index in [4.69, 9.17) is 4.74 Å². The number of hydrogen-bond acceptors (Lipinski definition) is 3. The summed E-state index contributed by atoms with van der Waals surface area (Å²) in [5.74, 6) is 1.25. The Morgan fingerprint density at radius 2 is 1.68 bits per heavy atom. The molecule has 0 aromatic heterocycles. The Kier molecular flexibility index (Phi) is 7.38. The molecule has 1 aliphatic rings. The second-order valence-electron chi connectivity index (χ2n) is 9.71. The Morgan fingerprint density at radius 1 is 0.971 bits per heavy atom. The van der Waals surface area contributed by atoms with E-state index in [2.05, 4.69) is 62.2 Å². The molecule has 4 rings (SSSR count). The molecule has 1 heterocycles. The van der Waals surface area contributed by atoms with E-state index in [1.165, 1.54) is 22.3 Å². The lowest BCUT2D eigenvalue weighted by atomic mass is 9.88. The predicted octanol–water partition coefficient (Wildman–Crippen LogP) is 6.82. The molecule has 0 spiro atoms. The molecule has 0 aliphatic carbocycles. The molecule has 1 aliphatic heterocycles. The van der Waals surface area contributed by atoms with E-state index in [0.29, 0.717) is 17.5 Å². The van der Waals surface area contributed by atoms with Gasteiger partial charge >= 0.3 is 0 Å². The van der Waals surface area contributed by atoms with Gasteiger partial charge in [-0.3, -0.25) is 4.79 Å². The van der Waals surface area contributed by atoms with Gasteiger partial charge in [0, 0.05) is 17.3 Å². The zero-order valence-corrected chi connectivity index (χ0v) is 21.0. The molecule has 1 N–H and O–H groups in total. The second-order valence-corrected chi connectivity index (χ2v) is 9.71. The van der Waals surface area contributed by atoms with Crippen LogP contribution in [-0.4, -0.2) is 37.0 Å². The van der Waals surface area contributed by atoms with Crippen molar-refractivity contribution < 1.29 is 9.53 Å². The third-order valence-corrected chi connectivity index (χ3v) is 7.04. The number of nitrogens with one attached hydrogen (secondary N) is 1. The third-order valence-electron chi connectivity index (χ3n) is 7.04. The highest BCUT2D eigenvalue weighted by molar-refractivity contribution is 6.04. The van der Waals surface area contributed by atoms with Gasteiger partial charge in [0.05, 0.1) is 7.11 Å². The smallest absolute Gasteiger partial charge is 0.255 e. The average molecular weight is 457 g/mol. The van der Waals surface area contributed by atoms with E-state index in [1.807, 2.05) is 36.4 Å². The number of piperidine rings is 1. The maximum atomic E-state index is 13.0. The zero-order valence-electron chi connectivity index (χ0n) is 21.0. The topological polar surface area (TPSA) is 41.6 Å². The lowest BCUT2D eigenvalue weighted by Gasteiger charge is -2.35. The lowest BCUT2D eigenvalue weighted by molar-refractivity contribution is 0.102. The number of anilines is 1. The molecular weight excluding hydrogens is 420 g/mol. The van der Waals surface area contributed by atoms with Gasteiger partial charge in [-0.05, 0) is 112 Å². The third kappa shape index (κ3) is 5.34. The Balaban J connectivity index is 1.49. The summed E-state index contributed by atoms with van der Waals surface area (Å²) in [6, 6.07) is 20.9. The van der Waals surface area contributed by atoms with Gasteiger partial charge in [0.15, 0.2) is 0 Å². The van der Waals surface area contributed by atoms with Crippen molar-refractivity contribution in [1.82, 2.24) is 4.90 Å². The molecule has 4 heteroatoms. The summed E-state index contributed by atoms with van der Waals surface area (Å²) in [6.07, 6.45) is 2.21. The number of aryl methyl sites for hydroxylation is 2. The van der Waals surface area contributed by atoms with Gasteiger partial charge < -0.3 is 15.0 Å². The first-order chi connectivity index (χ1) is 16.4. The van der Waals surface area contributed by atoms with E-state index in [9.17, 15) is 4.79 Å². The number of likely N-dealkylation sites (tertiary alicyclic amines) is 1. The van der Waals surface area contributed by atoms with Crippen molar-refractivity contribution >= 4 is 11.6 Å². The zero-order chi connectivity index (χ0) is 24.2. The fourth-order valence-electron chi connectivity index (χ4n) is 4.91. The molecule has 1 saturated heterocycles. The molecule has 3 aromatic rings. The molecule has 4 nitrogen and oxygen atoms in total. The van der Waals surface area contributed by atoms with E-state index in [-0.39, 0.29) is 5.91 Å². The number of amides is 1. The molecule has 0 unspecified atom stereocenters. The fourth-order valence-corrected chi connectivity index (χ4v) is 4.91. The van der Waals surface area contributed by atoms with E-state index >= 15 is 0 Å². The summed E-state index contributed by atoms with van der Waals surface area (Å²) in [5, 5.41) is 3.09. The minimum atomic E-state index is -0.0988. The molecule has 34 heavy (non-hydrogen) atoms. The van der Waals surface area contributed by atoms with Crippen LogP contribution in [0.5, 0.6) is 5.75 Å². The molecular formula is C30H36N2O2. The molecule has 0 bridgehead atoms. The Morgan fingerprint density at radius 3 is 2.32 bits per heavy atom. The van der Waals surface area contributed by atoms with Crippen molar-refractivity contribution in [3.8, 4) is 16.9 Å².